The molecule has 0 N–H and O–H groups in total. The van der Waals surface area contributed by atoms with Gasteiger partial charge in [0.25, 0.3) is 0 Å². The summed E-state index contributed by atoms with van der Waals surface area (Å²) in [4.78, 5) is 27.7. The minimum atomic E-state index is -2.05. The number of urea groups is 1. The van der Waals surface area contributed by atoms with E-state index in [4.69, 9.17) is 0 Å². The SMILES string of the molecule is CCC1(CC)C(=O)N([Si](C)(C)C)C(=O)N1c1ccccc1. The zero-order chi connectivity index (χ0) is 15.8. The molecular formula is C16H24N2O2Si. The Labute approximate surface area is 127 Å². The highest BCUT2D eigenvalue weighted by Crippen LogP contribution is 2.40. The van der Waals surface area contributed by atoms with E-state index in [9.17, 15) is 9.59 Å². The first-order valence-corrected chi connectivity index (χ1v) is 11.0. The Hall–Kier alpha value is -1.62. The van der Waals surface area contributed by atoms with Gasteiger partial charge >= 0.3 is 6.03 Å². The zero-order valence-corrected chi connectivity index (χ0v) is 14.5. The molecule has 21 heavy (non-hydrogen) atoms. The number of hydrogen-bond donors (Lipinski definition) is 0. The van der Waals surface area contributed by atoms with Crippen LogP contribution in [-0.4, -0.2) is 30.3 Å². The van der Waals surface area contributed by atoms with E-state index < -0.39 is 13.8 Å². The van der Waals surface area contributed by atoms with Crippen molar-refractivity contribution in [2.45, 2.75) is 51.9 Å². The fraction of sp³-hybridized carbons (Fsp3) is 0.500. The average Bonchev–Trinajstić information content (AvgIpc) is 2.66. The van der Waals surface area contributed by atoms with Crippen molar-refractivity contribution in [3.8, 4) is 0 Å². The van der Waals surface area contributed by atoms with E-state index >= 15 is 0 Å². The standard InChI is InChI=1S/C16H24N2O2Si/c1-6-16(7-2)14(19)18(21(3,4)5)15(20)17(16)13-11-9-8-10-12-13/h8-12H,6-7H2,1-5H3. The van der Waals surface area contributed by atoms with Crippen LogP contribution >= 0.6 is 0 Å². The quantitative estimate of drug-likeness (QED) is 0.626. The summed E-state index contributed by atoms with van der Waals surface area (Å²) in [6.07, 6.45) is 1.26. The van der Waals surface area contributed by atoms with Crippen LogP contribution < -0.4 is 4.90 Å². The van der Waals surface area contributed by atoms with E-state index in [-0.39, 0.29) is 11.9 Å². The van der Waals surface area contributed by atoms with Crippen molar-refractivity contribution in [3.63, 3.8) is 0 Å². The second kappa shape index (κ2) is 5.29. The van der Waals surface area contributed by atoms with E-state index in [1.165, 1.54) is 0 Å². The Morgan fingerprint density at radius 3 is 1.95 bits per heavy atom. The van der Waals surface area contributed by atoms with Crippen molar-refractivity contribution >= 4 is 25.9 Å². The highest BCUT2D eigenvalue weighted by molar-refractivity contribution is 6.78. The normalized spacial score (nSPS) is 18.5. The van der Waals surface area contributed by atoms with Gasteiger partial charge in [-0.15, -0.1) is 0 Å². The summed E-state index contributed by atoms with van der Waals surface area (Å²) in [7, 11) is -2.05. The fourth-order valence-corrected chi connectivity index (χ4v) is 4.56. The molecule has 1 aromatic rings. The minimum absolute atomic E-state index is 0.0273. The summed E-state index contributed by atoms with van der Waals surface area (Å²) < 4.78 is 1.55. The van der Waals surface area contributed by atoms with Crippen LogP contribution in [0.2, 0.25) is 19.6 Å². The molecule has 0 aromatic heterocycles. The molecule has 0 aliphatic carbocycles. The number of carbonyl (C=O) groups is 2. The third kappa shape index (κ3) is 2.29. The molecule has 1 aliphatic rings. The molecule has 1 aliphatic heterocycles. The maximum absolute atomic E-state index is 13.0. The topological polar surface area (TPSA) is 40.6 Å². The van der Waals surface area contributed by atoms with Crippen LogP contribution in [0, 0.1) is 0 Å². The van der Waals surface area contributed by atoms with E-state index in [0.29, 0.717) is 12.8 Å². The summed E-state index contributed by atoms with van der Waals surface area (Å²) in [5.74, 6) is -0.0273. The van der Waals surface area contributed by atoms with Gasteiger partial charge in [0.2, 0.25) is 5.91 Å². The third-order valence-corrected chi connectivity index (χ3v) is 6.00. The molecule has 3 amide bonds. The molecule has 0 radical (unpaired) electrons. The molecule has 0 atom stereocenters. The maximum atomic E-state index is 13.0. The van der Waals surface area contributed by atoms with E-state index in [1.54, 1.807) is 9.47 Å². The van der Waals surface area contributed by atoms with Crippen LogP contribution in [0.4, 0.5) is 10.5 Å². The zero-order valence-electron chi connectivity index (χ0n) is 13.5. The Morgan fingerprint density at radius 1 is 1.00 bits per heavy atom. The first-order valence-electron chi connectivity index (χ1n) is 7.53. The van der Waals surface area contributed by atoms with Gasteiger partial charge in [-0.2, -0.15) is 0 Å². The summed E-state index contributed by atoms with van der Waals surface area (Å²) in [5.41, 5.74) is 0.0684. The Balaban J connectivity index is 2.61. The monoisotopic (exact) mass is 304 g/mol. The van der Waals surface area contributed by atoms with Crippen LogP contribution in [0.1, 0.15) is 26.7 Å². The summed E-state index contributed by atoms with van der Waals surface area (Å²) in [6, 6.07) is 9.37. The second-order valence-electron chi connectivity index (χ2n) is 6.50. The van der Waals surface area contributed by atoms with Gasteiger partial charge in [0.05, 0.1) is 0 Å². The number of imide groups is 1. The van der Waals surface area contributed by atoms with Gasteiger partial charge in [-0.25, -0.2) is 4.79 Å². The van der Waals surface area contributed by atoms with Gasteiger partial charge in [0.15, 0.2) is 8.24 Å². The molecule has 1 aromatic carbocycles. The number of para-hydroxylation sites is 1. The minimum Gasteiger partial charge on any atom is -0.292 e. The molecule has 1 fully saturated rings. The largest absolute Gasteiger partial charge is 0.324 e. The number of rotatable bonds is 4. The predicted molar refractivity (Wildman–Crippen MR) is 87.8 cm³/mol. The van der Waals surface area contributed by atoms with Gasteiger partial charge in [-0.1, -0.05) is 51.7 Å². The molecule has 5 heteroatoms. The van der Waals surface area contributed by atoms with Crippen LogP contribution in [0.3, 0.4) is 0 Å². The molecule has 0 spiro atoms. The van der Waals surface area contributed by atoms with E-state index in [0.717, 1.165) is 5.69 Å². The highest BCUT2D eigenvalue weighted by Gasteiger charge is 2.58. The first-order chi connectivity index (χ1) is 9.79. The first kappa shape index (κ1) is 15.8. The van der Waals surface area contributed by atoms with Crippen molar-refractivity contribution in [3.05, 3.63) is 30.3 Å². The lowest BCUT2D eigenvalue weighted by Gasteiger charge is -2.33. The van der Waals surface area contributed by atoms with Crippen molar-refractivity contribution in [1.29, 1.82) is 0 Å². The lowest BCUT2D eigenvalue weighted by atomic mass is 9.91. The third-order valence-electron chi connectivity index (χ3n) is 4.27. The lowest BCUT2D eigenvalue weighted by Crippen LogP contribution is -2.52. The summed E-state index contributed by atoms with van der Waals surface area (Å²) >= 11 is 0. The van der Waals surface area contributed by atoms with Crippen molar-refractivity contribution < 1.29 is 9.59 Å². The average molecular weight is 304 g/mol. The molecule has 4 nitrogen and oxygen atoms in total. The van der Waals surface area contributed by atoms with Crippen molar-refractivity contribution in [2.75, 3.05) is 4.90 Å². The fourth-order valence-electron chi connectivity index (χ4n) is 3.07. The van der Waals surface area contributed by atoms with Crippen molar-refractivity contribution in [1.82, 2.24) is 4.57 Å². The lowest BCUT2D eigenvalue weighted by molar-refractivity contribution is -0.128. The maximum Gasteiger partial charge on any atom is 0.324 e. The number of benzene rings is 1. The van der Waals surface area contributed by atoms with Gasteiger partial charge < -0.3 is 0 Å². The van der Waals surface area contributed by atoms with E-state index in [1.807, 2.05) is 63.8 Å². The Bertz CT molecular complexity index is 547. The highest BCUT2D eigenvalue weighted by atomic mass is 28.3. The number of amides is 3. The van der Waals surface area contributed by atoms with Gasteiger partial charge in [0.1, 0.15) is 5.54 Å². The van der Waals surface area contributed by atoms with Crippen molar-refractivity contribution in [2.24, 2.45) is 0 Å². The van der Waals surface area contributed by atoms with Gasteiger partial charge in [-0.05, 0) is 25.0 Å². The van der Waals surface area contributed by atoms with Crippen LogP contribution in [0.5, 0.6) is 0 Å². The predicted octanol–water partition coefficient (Wildman–Crippen LogP) is 3.85. The molecule has 0 saturated carbocycles. The summed E-state index contributed by atoms with van der Waals surface area (Å²) in [5, 5.41) is 0. The molecule has 1 heterocycles. The van der Waals surface area contributed by atoms with Crippen LogP contribution in [-0.2, 0) is 4.79 Å². The number of carbonyl (C=O) groups excluding carboxylic acids is 2. The number of anilines is 1. The molecule has 0 bridgehead atoms. The van der Waals surface area contributed by atoms with Crippen LogP contribution in [0.15, 0.2) is 30.3 Å². The summed E-state index contributed by atoms with van der Waals surface area (Å²) in [6.45, 7) is 10.1. The number of nitrogens with zero attached hydrogens (tertiary/aromatic N) is 2. The Morgan fingerprint density at radius 2 is 1.52 bits per heavy atom. The second-order valence-corrected chi connectivity index (χ2v) is 11.3. The molecule has 114 valence electrons. The Kier molecular flexibility index (Phi) is 3.97. The molecular weight excluding hydrogens is 280 g/mol. The van der Waals surface area contributed by atoms with E-state index in [2.05, 4.69) is 0 Å². The molecule has 0 unspecified atom stereocenters. The number of hydrogen-bond acceptors (Lipinski definition) is 2. The van der Waals surface area contributed by atoms with Crippen LogP contribution in [0.25, 0.3) is 0 Å². The van der Waals surface area contributed by atoms with Gasteiger partial charge in [-0.3, -0.25) is 14.3 Å². The molecule has 1 saturated heterocycles. The smallest absolute Gasteiger partial charge is 0.292 e. The van der Waals surface area contributed by atoms with Gasteiger partial charge in [0, 0.05) is 5.69 Å². The molecule has 2 rings (SSSR count).